The minimum absolute atomic E-state index is 0.0414. The van der Waals surface area contributed by atoms with Crippen molar-refractivity contribution in [3.63, 3.8) is 0 Å². The molecule has 0 amide bonds. The molecule has 11 heteroatoms. The molecule has 12 rings (SSSR count). The topological polar surface area (TPSA) is 153 Å². The number of halogens is 3. The van der Waals surface area contributed by atoms with E-state index in [4.69, 9.17) is 0 Å². The Balaban J connectivity index is 1.31. The highest BCUT2D eigenvalue weighted by molar-refractivity contribution is 6.14. The van der Waals surface area contributed by atoms with Gasteiger partial charge in [0, 0.05) is 27.1 Å². The number of aromatic nitrogens is 2. The Morgan fingerprint density at radius 2 is 0.628 bits per heavy atom. The zero-order valence-electron chi connectivity index (χ0n) is 40.8. The van der Waals surface area contributed by atoms with Crippen molar-refractivity contribution in [1.29, 1.82) is 31.6 Å². The van der Waals surface area contributed by atoms with Crippen LogP contribution in [0, 0.1) is 68.0 Å². The first kappa shape index (κ1) is 47.5. The van der Waals surface area contributed by atoms with Crippen LogP contribution in [0.5, 0.6) is 0 Å². The Kier molecular flexibility index (Phi) is 11.4. The number of fused-ring (bicyclic) bond motifs is 6. The highest BCUT2D eigenvalue weighted by atomic mass is 19.4. The van der Waals surface area contributed by atoms with Crippen LogP contribution in [0.3, 0.4) is 0 Å². The summed E-state index contributed by atoms with van der Waals surface area (Å²) >= 11 is 0. The molecule has 78 heavy (non-hydrogen) atoms. The van der Waals surface area contributed by atoms with Gasteiger partial charge >= 0.3 is 6.18 Å². The fourth-order valence-corrected chi connectivity index (χ4v) is 10.9. The summed E-state index contributed by atoms with van der Waals surface area (Å²) < 4.78 is 52.1. The van der Waals surface area contributed by atoms with Gasteiger partial charge in [-0.1, -0.05) is 127 Å². The number of hydrogen-bond acceptors (Lipinski definition) is 6. The molecule has 0 fully saturated rings. The zero-order valence-corrected chi connectivity index (χ0v) is 40.8. The molecular weight excluding hydrogens is 974 g/mol. The SMILES string of the molecule is N#Cc1cc(-n2c3cc(-c4ccccc4C#N)ccc3c3ccc(-c4ccccc4C#N)cc32)c(-c2ccc(C#N)cc2C(F)(F)F)c(-n2c3cc(-c4ccccc4C#N)ccc3c3ccc(-c4ccccc4C#N)cc32)c1. The maximum absolute atomic E-state index is 16.1. The van der Waals surface area contributed by atoms with Gasteiger partial charge in [-0.25, -0.2) is 0 Å². The number of nitriles is 6. The summed E-state index contributed by atoms with van der Waals surface area (Å²) in [6.45, 7) is 0. The molecule has 0 bridgehead atoms. The normalized spacial score (nSPS) is 11.2. The van der Waals surface area contributed by atoms with Crippen LogP contribution in [0.4, 0.5) is 13.2 Å². The quantitative estimate of drug-likeness (QED) is 0.155. The summed E-state index contributed by atoms with van der Waals surface area (Å²) in [6, 6.07) is 71.2. The molecule has 0 atom stereocenters. The molecule has 2 aromatic heterocycles. The highest BCUT2D eigenvalue weighted by Crippen LogP contribution is 2.48. The van der Waals surface area contributed by atoms with Crippen LogP contribution in [-0.4, -0.2) is 9.13 Å². The van der Waals surface area contributed by atoms with E-state index in [2.05, 4.69) is 30.3 Å². The first-order valence-electron chi connectivity index (χ1n) is 24.4. The largest absolute Gasteiger partial charge is 0.417 e. The van der Waals surface area contributed by atoms with Gasteiger partial charge in [0.2, 0.25) is 0 Å². The van der Waals surface area contributed by atoms with Crippen LogP contribution in [-0.2, 0) is 6.18 Å². The van der Waals surface area contributed by atoms with Gasteiger partial charge in [0.15, 0.2) is 0 Å². The Bertz CT molecular complexity index is 4330. The molecule has 0 aliphatic carbocycles. The molecule has 0 unspecified atom stereocenters. The lowest BCUT2D eigenvalue weighted by Crippen LogP contribution is -2.11. The maximum atomic E-state index is 16.1. The van der Waals surface area contributed by atoms with Crippen molar-refractivity contribution >= 4 is 43.6 Å². The molecule has 10 aromatic carbocycles. The van der Waals surface area contributed by atoms with E-state index in [1.54, 1.807) is 60.7 Å². The Hall–Kier alpha value is -11.5. The molecule has 0 aliphatic rings. The van der Waals surface area contributed by atoms with Crippen molar-refractivity contribution < 1.29 is 13.2 Å². The standard InChI is InChI=1S/C67H33F3N8/c68-67(69,70)59-27-40(34-71)17-22-58(59)66-64(77-60-30-42(50-13-5-1-9-46(50)36-73)18-23-54(60)55-24-19-43(31-61(55)77)51-14-6-2-10-47(51)37-74)28-41(35-72)29-65(66)78-62-32-44(52-15-7-3-11-48(52)38-75)20-25-56(62)57-26-21-45(33-63(57)78)53-16-8-4-12-49(53)39-76/h1-33H. The third-order valence-corrected chi connectivity index (χ3v) is 14.4. The summed E-state index contributed by atoms with van der Waals surface area (Å²) in [5.74, 6) is 0. The van der Waals surface area contributed by atoms with Crippen LogP contribution >= 0.6 is 0 Å². The lowest BCUT2D eigenvalue weighted by atomic mass is 9.92. The van der Waals surface area contributed by atoms with Crippen LogP contribution < -0.4 is 0 Å². The van der Waals surface area contributed by atoms with E-state index < -0.39 is 11.7 Å². The molecule has 12 aromatic rings. The smallest absolute Gasteiger partial charge is 0.308 e. The predicted molar refractivity (Wildman–Crippen MR) is 296 cm³/mol. The molecule has 362 valence electrons. The second-order valence-electron chi connectivity index (χ2n) is 18.6. The first-order chi connectivity index (χ1) is 38.0. The van der Waals surface area contributed by atoms with Gasteiger partial charge in [-0.3, -0.25) is 0 Å². The van der Waals surface area contributed by atoms with E-state index in [1.807, 2.05) is 137 Å². The summed E-state index contributed by atoms with van der Waals surface area (Å²) in [5.41, 5.74) is 7.60. The molecule has 0 N–H and O–H groups in total. The number of hydrogen-bond donors (Lipinski definition) is 0. The van der Waals surface area contributed by atoms with Gasteiger partial charge in [-0.05, 0) is 123 Å². The molecule has 0 saturated heterocycles. The number of alkyl halides is 3. The van der Waals surface area contributed by atoms with Crippen molar-refractivity contribution in [2.75, 3.05) is 0 Å². The number of rotatable bonds is 7. The lowest BCUT2D eigenvalue weighted by molar-refractivity contribution is -0.137. The maximum Gasteiger partial charge on any atom is 0.417 e. The molecule has 0 radical (unpaired) electrons. The van der Waals surface area contributed by atoms with Gasteiger partial charge < -0.3 is 9.13 Å². The Morgan fingerprint density at radius 1 is 0.308 bits per heavy atom. The fraction of sp³-hybridized carbons (Fsp3) is 0.0149. The van der Waals surface area contributed by atoms with Gasteiger partial charge in [-0.15, -0.1) is 0 Å². The average Bonchev–Trinajstić information content (AvgIpc) is 4.12. The van der Waals surface area contributed by atoms with E-state index in [-0.39, 0.29) is 33.6 Å². The monoisotopic (exact) mass is 1010 g/mol. The predicted octanol–water partition coefficient (Wildman–Crippen LogP) is 16.5. The minimum Gasteiger partial charge on any atom is -0.308 e. The van der Waals surface area contributed by atoms with E-state index in [0.717, 1.165) is 6.07 Å². The second kappa shape index (κ2) is 18.8. The van der Waals surface area contributed by atoms with E-state index in [1.165, 1.54) is 12.1 Å². The molecular formula is C67H33F3N8. The Morgan fingerprint density at radius 3 is 0.923 bits per heavy atom. The van der Waals surface area contributed by atoms with Gasteiger partial charge in [0.05, 0.1) is 109 Å². The summed E-state index contributed by atoms with van der Waals surface area (Å²) in [7, 11) is 0. The lowest BCUT2D eigenvalue weighted by Gasteiger charge is -2.23. The molecule has 2 heterocycles. The minimum atomic E-state index is -5.02. The highest BCUT2D eigenvalue weighted by Gasteiger charge is 2.36. The van der Waals surface area contributed by atoms with Crippen molar-refractivity contribution in [1.82, 2.24) is 9.13 Å². The third-order valence-electron chi connectivity index (χ3n) is 14.4. The fourth-order valence-electron chi connectivity index (χ4n) is 10.9. The number of benzene rings is 10. The van der Waals surface area contributed by atoms with Crippen molar-refractivity contribution in [3.05, 3.63) is 239 Å². The number of nitrogens with zero attached hydrogens (tertiary/aromatic N) is 8. The average molecular weight is 1010 g/mol. The first-order valence-corrected chi connectivity index (χ1v) is 24.4. The van der Waals surface area contributed by atoms with Crippen LogP contribution in [0.25, 0.3) is 111 Å². The summed E-state index contributed by atoms with van der Waals surface area (Å²) in [5, 5.41) is 65.4. The van der Waals surface area contributed by atoms with E-state index >= 15 is 13.2 Å². The van der Waals surface area contributed by atoms with Crippen LogP contribution in [0.1, 0.15) is 38.9 Å². The second-order valence-corrected chi connectivity index (χ2v) is 18.6. The molecule has 0 aliphatic heterocycles. The van der Waals surface area contributed by atoms with Gasteiger partial charge in [0.25, 0.3) is 0 Å². The molecule has 0 spiro atoms. The van der Waals surface area contributed by atoms with E-state index in [9.17, 15) is 31.6 Å². The summed E-state index contributed by atoms with van der Waals surface area (Å²) in [6.07, 6.45) is -5.02. The Labute approximate surface area is 444 Å². The van der Waals surface area contributed by atoms with Crippen molar-refractivity contribution in [3.8, 4) is 103 Å². The molecule has 8 nitrogen and oxygen atoms in total. The van der Waals surface area contributed by atoms with Crippen LogP contribution in [0.15, 0.2) is 200 Å². The van der Waals surface area contributed by atoms with Gasteiger partial charge in [0.1, 0.15) is 0 Å². The molecule has 0 saturated carbocycles. The van der Waals surface area contributed by atoms with Crippen molar-refractivity contribution in [2.45, 2.75) is 6.18 Å². The summed E-state index contributed by atoms with van der Waals surface area (Å²) in [4.78, 5) is 0. The van der Waals surface area contributed by atoms with Gasteiger partial charge in [-0.2, -0.15) is 44.7 Å². The zero-order chi connectivity index (χ0) is 53.8. The van der Waals surface area contributed by atoms with Crippen molar-refractivity contribution in [2.24, 2.45) is 0 Å². The van der Waals surface area contributed by atoms with E-state index in [0.29, 0.717) is 110 Å². The third kappa shape index (κ3) is 7.73. The van der Waals surface area contributed by atoms with Crippen LogP contribution in [0.2, 0.25) is 0 Å².